The number of aromatic amines is 2. The van der Waals surface area contributed by atoms with Gasteiger partial charge in [0.15, 0.2) is 0 Å². The average Bonchev–Trinajstić information content (AvgIpc) is 3.06. The van der Waals surface area contributed by atoms with Crippen LogP contribution in [0.3, 0.4) is 0 Å². The van der Waals surface area contributed by atoms with Crippen LogP contribution in [0.15, 0.2) is 28.0 Å². The molecule has 0 amide bonds. The number of rotatable bonds is 3. The molecule has 0 saturated carbocycles. The van der Waals surface area contributed by atoms with E-state index in [1.807, 2.05) is 18.2 Å². The minimum absolute atomic E-state index is 0.0317. The third-order valence-corrected chi connectivity index (χ3v) is 4.97. The van der Waals surface area contributed by atoms with Gasteiger partial charge in [-0.05, 0) is 37.1 Å². The average molecular weight is 327 g/mol. The second-order valence-electron chi connectivity index (χ2n) is 5.52. The third-order valence-electron chi connectivity index (χ3n) is 4.12. The Hall–Kier alpha value is -2.54. The fourth-order valence-corrected chi connectivity index (χ4v) is 3.74. The van der Waals surface area contributed by atoms with Gasteiger partial charge in [0.1, 0.15) is 18.0 Å². The molecule has 6 nitrogen and oxygen atoms in total. The van der Waals surface area contributed by atoms with Gasteiger partial charge in [-0.25, -0.2) is 4.99 Å². The predicted molar refractivity (Wildman–Crippen MR) is 93.2 cm³/mol. The van der Waals surface area contributed by atoms with E-state index in [1.54, 1.807) is 0 Å². The summed E-state index contributed by atoms with van der Waals surface area (Å²) in [5, 5.41) is 7.83. The summed E-state index contributed by atoms with van der Waals surface area (Å²) in [5.74, 6) is 0.950. The lowest BCUT2D eigenvalue weighted by Crippen LogP contribution is -2.40. The van der Waals surface area contributed by atoms with E-state index in [0.29, 0.717) is 6.67 Å². The number of nitrogens with zero attached hydrogens (tertiary/aromatic N) is 1. The van der Waals surface area contributed by atoms with Gasteiger partial charge >= 0.3 is 4.87 Å². The zero-order valence-electron chi connectivity index (χ0n) is 12.9. The van der Waals surface area contributed by atoms with Crippen LogP contribution in [0.1, 0.15) is 18.2 Å². The van der Waals surface area contributed by atoms with Crippen LogP contribution in [-0.2, 0) is 6.42 Å². The van der Waals surface area contributed by atoms with E-state index < -0.39 is 0 Å². The van der Waals surface area contributed by atoms with E-state index in [4.69, 9.17) is 0 Å². The van der Waals surface area contributed by atoms with Crippen LogP contribution in [0.2, 0.25) is 0 Å². The van der Waals surface area contributed by atoms with Gasteiger partial charge < -0.3 is 20.6 Å². The smallest absolute Gasteiger partial charge is 0.305 e. The maximum Gasteiger partial charge on any atom is 0.305 e. The lowest BCUT2D eigenvalue weighted by atomic mass is 10.2. The number of aryl methyl sites for hydroxylation is 1. The fourth-order valence-electron chi connectivity index (χ4n) is 2.97. The molecular weight excluding hydrogens is 310 g/mol. The Balaban J connectivity index is 1.83. The normalized spacial score (nSPS) is 13.6. The number of nitrogens with one attached hydrogen (secondary N) is 4. The maximum atomic E-state index is 11.4. The highest BCUT2D eigenvalue weighted by Gasteiger charge is 2.12. The number of hydrogen-bond acceptors (Lipinski definition) is 5. The van der Waals surface area contributed by atoms with Crippen molar-refractivity contribution >= 4 is 33.1 Å². The zero-order valence-corrected chi connectivity index (χ0v) is 13.7. The molecule has 0 fully saturated rings. The minimum Gasteiger partial charge on any atom is -0.352 e. The van der Waals surface area contributed by atoms with Crippen LogP contribution >= 0.6 is 11.3 Å². The predicted octanol–water partition coefficient (Wildman–Crippen LogP) is 1.15. The highest BCUT2D eigenvalue weighted by molar-refractivity contribution is 7.16. The summed E-state index contributed by atoms with van der Waals surface area (Å²) in [5.41, 5.74) is 5.16. The lowest BCUT2D eigenvalue weighted by molar-refractivity contribution is 0.823. The monoisotopic (exact) mass is 327 g/mol. The van der Waals surface area contributed by atoms with Crippen LogP contribution in [0.4, 0.5) is 5.69 Å². The molecule has 0 aliphatic carbocycles. The van der Waals surface area contributed by atoms with Gasteiger partial charge in [0.05, 0.1) is 15.4 Å². The standard InChI is InChI=1S/C16H17N5OS/c1-3-10-8(2)13-14(17-7-18-15(13)20-10)19-9-4-5-11-12(6-9)23-16(22)21-11/h4-6,17,19H,3,7H2,1-2H3,(H,18,20)(H,21,22). The summed E-state index contributed by atoms with van der Waals surface area (Å²) >= 11 is 1.22. The molecule has 1 aromatic carbocycles. The van der Waals surface area contributed by atoms with Gasteiger partial charge in [-0.2, -0.15) is 0 Å². The largest absolute Gasteiger partial charge is 0.352 e. The summed E-state index contributed by atoms with van der Waals surface area (Å²) in [6.07, 6.45) is 0.949. The van der Waals surface area contributed by atoms with E-state index in [2.05, 4.69) is 39.4 Å². The molecule has 3 heterocycles. The molecule has 1 aliphatic rings. The van der Waals surface area contributed by atoms with Gasteiger partial charge in [0.25, 0.3) is 0 Å². The van der Waals surface area contributed by atoms with Gasteiger partial charge in [0, 0.05) is 11.4 Å². The van der Waals surface area contributed by atoms with E-state index in [1.165, 1.54) is 22.6 Å². The molecule has 0 bridgehead atoms. The molecule has 0 unspecified atom stereocenters. The quantitative estimate of drug-likeness (QED) is 0.582. The highest BCUT2D eigenvalue weighted by atomic mass is 32.1. The minimum atomic E-state index is -0.0317. The Morgan fingerprint density at radius 2 is 2.22 bits per heavy atom. The van der Waals surface area contributed by atoms with E-state index in [-0.39, 0.29) is 4.87 Å². The van der Waals surface area contributed by atoms with Crippen LogP contribution in [0.25, 0.3) is 16.0 Å². The Bertz CT molecular complexity index is 1070. The lowest BCUT2D eigenvalue weighted by Gasteiger charge is -2.14. The highest BCUT2D eigenvalue weighted by Crippen LogP contribution is 2.20. The number of hydrogen-bond donors (Lipinski definition) is 4. The van der Waals surface area contributed by atoms with Crippen molar-refractivity contribution in [1.82, 2.24) is 15.3 Å². The summed E-state index contributed by atoms with van der Waals surface area (Å²) < 4.78 is 0.946. The van der Waals surface area contributed by atoms with Crippen molar-refractivity contribution in [2.45, 2.75) is 20.3 Å². The molecule has 4 N–H and O–H groups in total. The summed E-state index contributed by atoms with van der Waals surface area (Å²) in [6, 6.07) is 5.88. The molecule has 0 saturated heterocycles. The van der Waals surface area contributed by atoms with Crippen molar-refractivity contribution in [2.24, 2.45) is 4.99 Å². The summed E-state index contributed by atoms with van der Waals surface area (Å²) in [6.45, 7) is 4.78. The molecule has 0 spiro atoms. The van der Waals surface area contributed by atoms with Crippen LogP contribution < -0.4 is 26.2 Å². The first-order chi connectivity index (χ1) is 11.2. The summed E-state index contributed by atoms with van der Waals surface area (Å²) in [4.78, 5) is 22.1. The van der Waals surface area contributed by atoms with E-state index in [9.17, 15) is 4.79 Å². The maximum absolute atomic E-state index is 11.4. The molecule has 2 aromatic heterocycles. The molecule has 0 atom stereocenters. The molecule has 3 aromatic rings. The second-order valence-corrected chi connectivity index (χ2v) is 6.54. The molecule has 4 rings (SSSR count). The first-order valence-electron chi connectivity index (χ1n) is 7.55. The van der Waals surface area contributed by atoms with Crippen molar-refractivity contribution < 1.29 is 0 Å². The van der Waals surface area contributed by atoms with Crippen molar-refractivity contribution in [2.75, 3.05) is 12.0 Å². The SMILES string of the molecule is CCc1[nH]c2c(c1C)=C(Nc1ccc3[nH]c(=O)sc3c1)NCN=2. The third kappa shape index (κ3) is 2.33. The Kier molecular flexibility index (Phi) is 3.23. The molecule has 118 valence electrons. The number of thiazole rings is 1. The van der Waals surface area contributed by atoms with E-state index in [0.717, 1.165) is 38.9 Å². The van der Waals surface area contributed by atoms with Crippen molar-refractivity contribution in [3.63, 3.8) is 0 Å². The number of fused-ring (bicyclic) bond motifs is 2. The number of benzene rings is 1. The molecule has 1 aliphatic heterocycles. The van der Waals surface area contributed by atoms with Gasteiger partial charge in [-0.3, -0.25) is 4.79 Å². The number of anilines is 1. The summed E-state index contributed by atoms with van der Waals surface area (Å²) in [7, 11) is 0. The molecule has 23 heavy (non-hydrogen) atoms. The van der Waals surface area contributed by atoms with Crippen molar-refractivity contribution in [3.05, 3.63) is 49.8 Å². The van der Waals surface area contributed by atoms with Crippen molar-refractivity contribution in [3.8, 4) is 0 Å². The van der Waals surface area contributed by atoms with Crippen LogP contribution in [0, 0.1) is 6.92 Å². The molecular formula is C16H17N5OS. The van der Waals surface area contributed by atoms with Gasteiger partial charge in [0.2, 0.25) is 0 Å². The molecule has 0 radical (unpaired) electrons. The zero-order chi connectivity index (χ0) is 16.0. The van der Waals surface area contributed by atoms with Gasteiger partial charge in [-0.1, -0.05) is 18.3 Å². The fraction of sp³-hybridized carbons (Fsp3) is 0.250. The molecule has 7 heteroatoms. The van der Waals surface area contributed by atoms with Crippen molar-refractivity contribution in [1.29, 1.82) is 0 Å². The number of aromatic nitrogens is 2. The first kappa shape index (κ1) is 14.1. The number of H-pyrrole nitrogens is 2. The Morgan fingerprint density at radius 1 is 1.35 bits per heavy atom. The van der Waals surface area contributed by atoms with Gasteiger partial charge in [-0.15, -0.1) is 0 Å². The topological polar surface area (TPSA) is 85.1 Å². The second kappa shape index (κ2) is 5.27. The Labute approximate surface area is 136 Å². The van der Waals surface area contributed by atoms with E-state index >= 15 is 0 Å². The first-order valence-corrected chi connectivity index (χ1v) is 8.37. The van der Waals surface area contributed by atoms with Crippen LogP contribution in [-0.4, -0.2) is 16.6 Å². The Morgan fingerprint density at radius 3 is 3.04 bits per heavy atom. The van der Waals surface area contributed by atoms with Crippen LogP contribution in [0.5, 0.6) is 0 Å².